The van der Waals surface area contributed by atoms with Crippen molar-refractivity contribution in [2.45, 2.75) is 20.8 Å². The largest absolute Gasteiger partial charge is 0.494 e. The summed E-state index contributed by atoms with van der Waals surface area (Å²) in [5, 5.41) is 7.29. The number of hydrogen-bond acceptors (Lipinski definition) is 6. The number of rotatable bonds is 8. The molecule has 0 aliphatic carbocycles. The second-order valence-electron chi connectivity index (χ2n) is 7.09. The predicted molar refractivity (Wildman–Crippen MR) is 123 cm³/mol. The molecular weight excluding hydrogens is 408 g/mol. The van der Waals surface area contributed by atoms with E-state index in [1.807, 2.05) is 57.2 Å². The van der Waals surface area contributed by atoms with E-state index < -0.39 is 0 Å². The van der Waals surface area contributed by atoms with Crippen molar-refractivity contribution in [3.05, 3.63) is 66.6 Å². The van der Waals surface area contributed by atoms with Crippen LogP contribution in [0.3, 0.4) is 0 Å². The normalized spacial score (nSPS) is 11.5. The molecule has 0 saturated carbocycles. The van der Waals surface area contributed by atoms with Gasteiger partial charge in [-0.3, -0.25) is 4.79 Å². The highest BCUT2D eigenvalue weighted by molar-refractivity contribution is 6.05. The van der Waals surface area contributed by atoms with Crippen LogP contribution in [0.4, 0.5) is 5.82 Å². The number of ether oxygens (including phenoxy) is 2. The van der Waals surface area contributed by atoms with Crippen LogP contribution in [-0.4, -0.2) is 24.3 Å². The molecule has 0 spiro atoms. The maximum Gasteiger partial charge on any atom is 0.249 e. The van der Waals surface area contributed by atoms with Crippen LogP contribution < -0.4 is 14.8 Å². The summed E-state index contributed by atoms with van der Waals surface area (Å²) >= 11 is 0. The summed E-state index contributed by atoms with van der Waals surface area (Å²) in [6, 6.07) is 13.3. The van der Waals surface area contributed by atoms with E-state index in [-0.39, 0.29) is 5.91 Å². The molecule has 1 amide bonds. The van der Waals surface area contributed by atoms with Crippen LogP contribution in [0.25, 0.3) is 27.7 Å². The summed E-state index contributed by atoms with van der Waals surface area (Å²) in [6.07, 6.45) is 4.64. The number of furan rings is 1. The minimum atomic E-state index is -0.308. The fraction of sp³-hybridized carbons (Fsp3) is 0.200. The molecule has 7 nitrogen and oxygen atoms in total. The molecule has 0 saturated heterocycles. The highest BCUT2D eigenvalue weighted by atomic mass is 16.5. The first kappa shape index (κ1) is 21.2. The Morgan fingerprint density at radius 1 is 1.09 bits per heavy atom. The molecule has 4 aromatic rings. The van der Waals surface area contributed by atoms with Gasteiger partial charge in [0.15, 0.2) is 5.82 Å². The molecule has 164 valence electrons. The molecule has 0 unspecified atom stereocenters. The van der Waals surface area contributed by atoms with Crippen molar-refractivity contribution in [2.75, 3.05) is 18.5 Å². The van der Waals surface area contributed by atoms with Gasteiger partial charge in [-0.25, -0.2) is 0 Å². The predicted octanol–water partition coefficient (Wildman–Crippen LogP) is 5.93. The van der Waals surface area contributed by atoms with Gasteiger partial charge in [-0.1, -0.05) is 17.3 Å². The molecule has 2 aromatic heterocycles. The van der Waals surface area contributed by atoms with E-state index in [4.69, 9.17) is 18.4 Å². The van der Waals surface area contributed by atoms with Crippen molar-refractivity contribution in [2.24, 2.45) is 0 Å². The Morgan fingerprint density at radius 3 is 2.56 bits per heavy atom. The number of nitrogens with zero attached hydrogens (tertiary/aromatic N) is 1. The van der Waals surface area contributed by atoms with E-state index in [2.05, 4.69) is 10.5 Å². The van der Waals surface area contributed by atoms with Crippen molar-refractivity contribution in [3.63, 3.8) is 0 Å². The standard InChI is InChI=1S/C25H24N2O5/c1-4-29-18-8-6-17(7-9-18)21-15-31-23-14-22(30-5-2)19(13-20(21)23)16(3)12-25(28)26-24-10-11-32-27-24/h6-15H,4-5H2,1-3H3,(H,26,27,28)/b16-12+. The highest BCUT2D eigenvalue weighted by Crippen LogP contribution is 2.38. The first-order chi connectivity index (χ1) is 15.6. The van der Waals surface area contributed by atoms with Gasteiger partial charge in [0.1, 0.15) is 23.3 Å². The van der Waals surface area contributed by atoms with Crippen molar-refractivity contribution >= 4 is 28.3 Å². The van der Waals surface area contributed by atoms with Gasteiger partial charge >= 0.3 is 0 Å². The molecule has 7 heteroatoms. The number of carbonyl (C=O) groups is 1. The van der Waals surface area contributed by atoms with Crippen molar-refractivity contribution in [1.82, 2.24) is 5.16 Å². The zero-order valence-corrected chi connectivity index (χ0v) is 18.2. The Balaban J connectivity index is 1.72. The van der Waals surface area contributed by atoms with Gasteiger partial charge in [-0.15, -0.1) is 0 Å². The second kappa shape index (κ2) is 9.43. The molecular formula is C25H24N2O5. The SMILES string of the molecule is CCOc1ccc(-c2coc3cc(OCC)c(/C(C)=C/C(=O)Nc4ccon4)cc23)cc1. The van der Waals surface area contributed by atoms with Crippen LogP contribution in [0.5, 0.6) is 11.5 Å². The average Bonchev–Trinajstić information content (AvgIpc) is 3.43. The average molecular weight is 432 g/mol. The van der Waals surface area contributed by atoms with E-state index in [1.54, 1.807) is 12.3 Å². The summed E-state index contributed by atoms with van der Waals surface area (Å²) in [4.78, 5) is 12.4. The van der Waals surface area contributed by atoms with E-state index in [0.717, 1.165) is 33.4 Å². The van der Waals surface area contributed by atoms with E-state index in [9.17, 15) is 4.79 Å². The second-order valence-corrected chi connectivity index (χ2v) is 7.09. The Kier molecular flexibility index (Phi) is 6.26. The van der Waals surface area contributed by atoms with Crippen LogP contribution in [-0.2, 0) is 4.79 Å². The number of aromatic nitrogens is 1. The highest BCUT2D eigenvalue weighted by Gasteiger charge is 2.15. The monoisotopic (exact) mass is 432 g/mol. The van der Waals surface area contributed by atoms with Crippen LogP contribution >= 0.6 is 0 Å². The van der Waals surface area contributed by atoms with Crippen molar-refractivity contribution < 1.29 is 23.2 Å². The third-order valence-electron chi connectivity index (χ3n) is 4.91. The Morgan fingerprint density at radius 2 is 1.88 bits per heavy atom. The van der Waals surface area contributed by atoms with Crippen LogP contribution in [0.15, 0.2) is 70.0 Å². The maximum absolute atomic E-state index is 12.4. The van der Waals surface area contributed by atoms with Crippen LogP contribution in [0.1, 0.15) is 26.3 Å². The number of fused-ring (bicyclic) bond motifs is 1. The zero-order valence-electron chi connectivity index (χ0n) is 18.2. The molecule has 4 rings (SSSR count). The van der Waals surface area contributed by atoms with Gasteiger partial charge < -0.3 is 23.7 Å². The van der Waals surface area contributed by atoms with E-state index >= 15 is 0 Å². The Hall–Kier alpha value is -4.00. The number of hydrogen-bond donors (Lipinski definition) is 1. The summed E-state index contributed by atoms with van der Waals surface area (Å²) in [7, 11) is 0. The third-order valence-corrected chi connectivity index (χ3v) is 4.91. The van der Waals surface area contributed by atoms with Gasteiger partial charge in [0.2, 0.25) is 5.91 Å². The summed E-state index contributed by atoms with van der Waals surface area (Å²) in [6.45, 7) is 6.84. The fourth-order valence-corrected chi connectivity index (χ4v) is 3.47. The molecule has 32 heavy (non-hydrogen) atoms. The number of carbonyl (C=O) groups excluding carboxylic acids is 1. The lowest BCUT2D eigenvalue weighted by atomic mass is 9.99. The number of amides is 1. The molecule has 1 N–H and O–H groups in total. The Labute approximate surface area is 185 Å². The third kappa shape index (κ3) is 4.51. The quantitative estimate of drug-likeness (QED) is 0.347. The van der Waals surface area contributed by atoms with Gasteiger partial charge in [-0.05, 0) is 50.1 Å². The van der Waals surface area contributed by atoms with Gasteiger partial charge in [-0.2, -0.15) is 0 Å². The first-order valence-corrected chi connectivity index (χ1v) is 10.4. The molecule has 2 heterocycles. The summed E-state index contributed by atoms with van der Waals surface area (Å²) < 4.78 is 21.9. The first-order valence-electron chi connectivity index (χ1n) is 10.4. The molecule has 0 fully saturated rings. The maximum atomic E-state index is 12.4. The summed E-state index contributed by atoms with van der Waals surface area (Å²) in [5.74, 6) is 1.51. The molecule has 0 atom stereocenters. The van der Waals surface area contributed by atoms with Crippen LogP contribution in [0, 0.1) is 0 Å². The minimum absolute atomic E-state index is 0.308. The van der Waals surface area contributed by atoms with E-state index in [1.165, 1.54) is 12.3 Å². The molecule has 0 aliphatic rings. The summed E-state index contributed by atoms with van der Waals surface area (Å²) in [5.41, 5.74) is 4.22. The zero-order chi connectivity index (χ0) is 22.5. The molecule has 2 aromatic carbocycles. The lowest BCUT2D eigenvalue weighted by Gasteiger charge is -2.11. The number of nitrogens with one attached hydrogen (secondary N) is 1. The topological polar surface area (TPSA) is 86.7 Å². The Bertz CT molecular complexity index is 1240. The fourth-order valence-electron chi connectivity index (χ4n) is 3.47. The van der Waals surface area contributed by atoms with Crippen molar-refractivity contribution in [3.8, 4) is 22.6 Å². The van der Waals surface area contributed by atoms with E-state index in [0.29, 0.717) is 30.4 Å². The lowest BCUT2D eigenvalue weighted by molar-refractivity contribution is -0.111. The van der Waals surface area contributed by atoms with Crippen molar-refractivity contribution in [1.29, 1.82) is 0 Å². The van der Waals surface area contributed by atoms with Gasteiger partial charge in [0, 0.05) is 34.7 Å². The van der Waals surface area contributed by atoms with Gasteiger partial charge in [0.05, 0.1) is 19.5 Å². The number of allylic oxidation sites excluding steroid dienone is 1. The molecule has 0 aliphatic heterocycles. The number of benzene rings is 2. The molecule has 0 bridgehead atoms. The smallest absolute Gasteiger partial charge is 0.249 e. The lowest BCUT2D eigenvalue weighted by Crippen LogP contribution is -2.09. The van der Waals surface area contributed by atoms with Crippen LogP contribution in [0.2, 0.25) is 0 Å². The minimum Gasteiger partial charge on any atom is -0.494 e. The molecule has 0 radical (unpaired) electrons. The number of anilines is 1. The van der Waals surface area contributed by atoms with Gasteiger partial charge in [0.25, 0.3) is 0 Å².